The number of carbonyl (C=O) groups excluding carboxylic acids is 2. The van der Waals surface area contributed by atoms with Crippen LogP contribution in [0.3, 0.4) is 0 Å². The molecule has 2 rings (SSSR count). The van der Waals surface area contributed by atoms with Crippen molar-refractivity contribution in [3.05, 3.63) is 70.3 Å². The van der Waals surface area contributed by atoms with Gasteiger partial charge in [0.05, 0.1) is 12.6 Å². The van der Waals surface area contributed by atoms with Gasteiger partial charge in [0.25, 0.3) is 11.8 Å². The average Bonchev–Trinajstić information content (AvgIpc) is 2.84. The van der Waals surface area contributed by atoms with Crippen molar-refractivity contribution in [3.63, 3.8) is 0 Å². The van der Waals surface area contributed by atoms with Crippen molar-refractivity contribution in [2.75, 3.05) is 26.3 Å². The zero-order valence-corrected chi connectivity index (χ0v) is 22.0. The molecule has 0 spiro atoms. The molecule has 3 N–H and O–H groups in total. The molecule has 0 heterocycles. The summed E-state index contributed by atoms with van der Waals surface area (Å²) in [5, 5.41) is 23.9. The van der Waals surface area contributed by atoms with Crippen LogP contribution in [0.1, 0.15) is 65.5 Å². The van der Waals surface area contributed by atoms with Crippen molar-refractivity contribution in [2.45, 2.75) is 65.2 Å². The minimum atomic E-state index is -1.49. The number of hydrogen-bond donors (Lipinski definition) is 3. The van der Waals surface area contributed by atoms with Gasteiger partial charge in [0.2, 0.25) is 0 Å². The predicted octanol–water partition coefficient (Wildman–Crippen LogP) is 3.63. The Bertz CT molecular complexity index is 1020. The fourth-order valence-corrected chi connectivity index (χ4v) is 4.17. The van der Waals surface area contributed by atoms with E-state index in [1.54, 1.807) is 30.9 Å². The lowest BCUT2D eigenvalue weighted by atomic mass is 9.96. The van der Waals surface area contributed by atoms with Crippen LogP contribution in [0.25, 0.3) is 0 Å². The van der Waals surface area contributed by atoms with Gasteiger partial charge in [-0.25, -0.2) is 8.78 Å². The number of ether oxygens (including phenoxy) is 1. The Hall–Kier alpha value is -2.88. The Morgan fingerprint density at radius 2 is 1.54 bits per heavy atom. The van der Waals surface area contributed by atoms with E-state index in [0.717, 1.165) is 31.0 Å². The highest BCUT2D eigenvalue weighted by molar-refractivity contribution is 6.00. The lowest BCUT2D eigenvalue weighted by molar-refractivity contribution is -0.0486. The van der Waals surface area contributed by atoms with E-state index in [-0.39, 0.29) is 30.1 Å². The number of hydrogen-bond acceptors (Lipinski definition) is 5. The second-order valence-corrected chi connectivity index (χ2v) is 9.16. The molecule has 7 nitrogen and oxygen atoms in total. The molecule has 0 bridgehead atoms. The molecule has 1 unspecified atom stereocenters. The number of aryl methyl sites for hydroxylation is 1. The summed E-state index contributed by atoms with van der Waals surface area (Å²) < 4.78 is 32.7. The largest absolute Gasteiger partial charge is 0.388 e. The molecule has 0 aliphatic heterocycles. The summed E-state index contributed by atoms with van der Waals surface area (Å²) >= 11 is 0. The van der Waals surface area contributed by atoms with E-state index in [0.29, 0.717) is 30.8 Å². The van der Waals surface area contributed by atoms with Gasteiger partial charge < -0.3 is 25.2 Å². The summed E-state index contributed by atoms with van der Waals surface area (Å²) in [6.45, 7) is 8.79. The molecule has 9 heteroatoms. The van der Waals surface area contributed by atoms with E-state index in [2.05, 4.69) is 5.32 Å². The third-order valence-corrected chi connectivity index (χ3v) is 5.85. The maximum atomic E-state index is 13.8. The highest BCUT2D eigenvalue weighted by atomic mass is 19.1. The average molecular weight is 521 g/mol. The predicted molar refractivity (Wildman–Crippen MR) is 137 cm³/mol. The fraction of sp³-hybridized carbons (Fsp3) is 0.500. The summed E-state index contributed by atoms with van der Waals surface area (Å²) in [7, 11) is 0. The molecule has 37 heavy (non-hydrogen) atoms. The number of nitrogens with zero attached hydrogens (tertiary/aromatic N) is 1. The van der Waals surface area contributed by atoms with Crippen LogP contribution in [0.4, 0.5) is 8.78 Å². The third-order valence-electron chi connectivity index (χ3n) is 5.85. The zero-order chi connectivity index (χ0) is 27.5. The van der Waals surface area contributed by atoms with Gasteiger partial charge in [-0.05, 0) is 74.6 Å². The lowest BCUT2D eigenvalue weighted by Gasteiger charge is -2.28. The number of nitrogens with one attached hydrogen (secondary N) is 1. The molecule has 2 aromatic carbocycles. The number of halogens is 2. The number of benzene rings is 2. The van der Waals surface area contributed by atoms with Crippen LogP contribution in [-0.2, 0) is 11.2 Å². The van der Waals surface area contributed by atoms with Crippen LogP contribution in [0.15, 0.2) is 36.4 Å². The Balaban J connectivity index is 2.34. The summed E-state index contributed by atoms with van der Waals surface area (Å²) in [6.07, 6.45) is -1.39. The van der Waals surface area contributed by atoms with Gasteiger partial charge in [0.15, 0.2) is 0 Å². The van der Waals surface area contributed by atoms with Crippen LogP contribution >= 0.6 is 0 Å². The van der Waals surface area contributed by atoms with Crippen molar-refractivity contribution in [2.24, 2.45) is 0 Å². The molecule has 0 fully saturated rings. The minimum absolute atomic E-state index is 0.150. The standard InChI is InChI=1S/C28H38F2N2O5/c1-5-8-32(9-6-2)28(36)21-11-18(4)10-20(15-21)27(35)31-24(26(34)25(33)17-37-7-3)14-19-12-22(29)16-23(30)13-19/h10-13,15-16,24-26,33-34H,5-9,14,17H2,1-4H3,(H,31,35)/t24-,25?,26+/m0/s1. The molecule has 0 saturated carbocycles. The quantitative estimate of drug-likeness (QED) is 0.353. The van der Waals surface area contributed by atoms with Gasteiger partial charge in [-0.1, -0.05) is 13.8 Å². The molecule has 204 valence electrons. The normalized spacial score (nSPS) is 13.6. The molecule has 0 aliphatic carbocycles. The molecule has 3 atom stereocenters. The first-order valence-electron chi connectivity index (χ1n) is 12.7. The molecular weight excluding hydrogens is 482 g/mol. The van der Waals surface area contributed by atoms with Crippen molar-refractivity contribution in [3.8, 4) is 0 Å². The van der Waals surface area contributed by atoms with Gasteiger partial charge in [-0.2, -0.15) is 0 Å². The van der Waals surface area contributed by atoms with E-state index in [4.69, 9.17) is 4.74 Å². The SMILES string of the molecule is CCCN(CCC)C(=O)c1cc(C)cc(C(=O)N[C@@H](Cc2cc(F)cc(F)c2)[C@@H](O)C(O)COCC)c1. The topological polar surface area (TPSA) is 99.1 Å². The summed E-state index contributed by atoms with van der Waals surface area (Å²) in [5.41, 5.74) is 1.45. The number of aliphatic hydroxyl groups is 2. The van der Waals surface area contributed by atoms with Crippen molar-refractivity contribution < 1.29 is 33.3 Å². The van der Waals surface area contributed by atoms with Gasteiger partial charge in [0, 0.05) is 36.9 Å². The van der Waals surface area contributed by atoms with Gasteiger partial charge in [-0.15, -0.1) is 0 Å². The lowest BCUT2D eigenvalue weighted by Crippen LogP contribution is -2.51. The summed E-state index contributed by atoms with van der Waals surface area (Å²) in [6, 6.07) is 6.64. The Labute approximate surface area is 217 Å². The smallest absolute Gasteiger partial charge is 0.253 e. The van der Waals surface area contributed by atoms with E-state index in [1.807, 2.05) is 13.8 Å². The third kappa shape index (κ3) is 9.18. The number of aliphatic hydroxyl groups excluding tert-OH is 2. The summed E-state index contributed by atoms with van der Waals surface area (Å²) in [4.78, 5) is 28.1. The number of rotatable bonds is 14. The second-order valence-electron chi connectivity index (χ2n) is 9.16. The van der Waals surface area contributed by atoms with E-state index >= 15 is 0 Å². The van der Waals surface area contributed by atoms with Crippen LogP contribution in [0.5, 0.6) is 0 Å². The first kappa shape index (κ1) is 30.3. The number of carbonyl (C=O) groups is 2. The monoisotopic (exact) mass is 520 g/mol. The van der Waals surface area contributed by atoms with Crippen LogP contribution in [0.2, 0.25) is 0 Å². The molecule has 0 aliphatic rings. The van der Waals surface area contributed by atoms with Gasteiger partial charge >= 0.3 is 0 Å². The first-order chi connectivity index (χ1) is 17.6. The molecule has 0 aromatic heterocycles. The molecule has 2 aromatic rings. The first-order valence-corrected chi connectivity index (χ1v) is 12.7. The van der Waals surface area contributed by atoms with Crippen molar-refractivity contribution in [1.82, 2.24) is 10.2 Å². The maximum absolute atomic E-state index is 13.8. The van der Waals surface area contributed by atoms with Gasteiger partial charge in [-0.3, -0.25) is 9.59 Å². The van der Waals surface area contributed by atoms with Gasteiger partial charge in [0.1, 0.15) is 23.8 Å². The molecule has 2 amide bonds. The van der Waals surface area contributed by atoms with E-state index in [1.165, 1.54) is 6.07 Å². The zero-order valence-electron chi connectivity index (χ0n) is 22.0. The van der Waals surface area contributed by atoms with Crippen LogP contribution in [0, 0.1) is 18.6 Å². The van der Waals surface area contributed by atoms with Crippen LogP contribution < -0.4 is 5.32 Å². The van der Waals surface area contributed by atoms with E-state index < -0.39 is 35.8 Å². The second kappa shape index (κ2) is 14.8. The van der Waals surface area contributed by atoms with Crippen molar-refractivity contribution >= 4 is 11.8 Å². The highest BCUT2D eigenvalue weighted by Gasteiger charge is 2.29. The minimum Gasteiger partial charge on any atom is -0.388 e. The Kier molecular flexibility index (Phi) is 12.1. The summed E-state index contributed by atoms with van der Waals surface area (Å²) in [5.74, 6) is -2.37. The highest BCUT2D eigenvalue weighted by Crippen LogP contribution is 2.17. The molecule has 0 saturated heterocycles. The fourth-order valence-electron chi connectivity index (χ4n) is 4.17. The van der Waals surface area contributed by atoms with E-state index in [9.17, 15) is 28.6 Å². The van der Waals surface area contributed by atoms with Crippen molar-refractivity contribution in [1.29, 1.82) is 0 Å². The Morgan fingerprint density at radius 3 is 2.11 bits per heavy atom. The van der Waals surface area contributed by atoms with Crippen LogP contribution in [-0.4, -0.2) is 71.5 Å². The molecular formula is C28H38F2N2O5. The Morgan fingerprint density at radius 1 is 0.946 bits per heavy atom. The maximum Gasteiger partial charge on any atom is 0.253 e. The molecule has 0 radical (unpaired) electrons. The number of amides is 2.